The van der Waals surface area contributed by atoms with E-state index in [-0.39, 0.29) is 6.23 Å². The van der Waals surface area contributed by atoms with Crippen LogP contribution in [0.5, 0.6) is 0 Å². The van der Waals surface area contributed by atoms with E-state index in [1.165, 1.54) is 6.42 Å². The third-order valence-electron chi connectivity index (χ3n) is 3.61. The van der Waals surface area contributed by atoms with Crippen molar-refractivity contribution in [1.29, 1.82) is 0 Å². The standard InChI is InChI=1S/C14H21BrN2O2/c1-10(6-7-18)8-13-12(15)9-16-17(13)14-5-3-4-11(2)19-14/h7,9-11,14H,3-6,8H2,1-2H3. The highest BCUT2D eigenvalue weighted by atomic mass is 79.9. The van der Waals surface area contributed by atoms with Gasteiger partial charge in [0, 0.05) is 6.42 Å². The number of rotatable bonds is 5. The number of ether oxygens (including phenoxy) is 1. The van der Waals surface area contributed by atoms with Crippen LogP contribution in [0.2, 0.25) is 0 Å². The Morgan fingerprint density at radius 1 is 1.63 bits per heavy atom. The number of aldehydes is 1. The van der Waals surface area contributed by atoms with Crippen molar-refractivity contribution in [3.05, 3.63) is 16.4 Å². The van der Waals surface area contributed by atoms with Gasteiger partial charge in [-0.3, -0.25) is 0 Å². The second-order valence-corrected chi connectivity index (χ2v) is 6.28. The van der Waals surface area contributed by atoms with E-state index in [9.17, 15) is 4.79 Å². The van der Waals surface area contributed by atoms with Gasteiger partial charge in [0.15, 0.2) is 6.23 Å². The molecule has 0 amide bonds. The lowest BCUT2D eigenvalue weighted by molar-refractivity contribution is -0.108. The molecule has 1 aromatic heterocycles. The number of hydrogen-bond donors (Lipinski definition) is 0. The predicted molar refractivity (Wildman–Crippen MR) is 76.9 cm³/mol. The highest BCUT2D eigenvalue weighted by molar-refractivity contribution is 9.10. The Balaban J connectivity index is 2.14. The van der Waals surface area contributed by atoms with Crippen LogP contribution < -0.4 is 0 Å². The minimum absolute atomic E-state index is 0.0356. The Kier molecular flexibility index (Phi) is 5.16. The Morgan fingerprint density at radius 2 is 2.42 bits per heavy atom. The highest BCUT2D eigenvalue weighted by Crippen LogP contribution is 2.30. The summed E-state index contributed by atoms with van der Waals surface area (Å²) >= 11 is 3.55. The lowest BCUT2D eigenvalue weighted by Crippen LogP contribution is -2.26. The first-order chi connectivity index (χ1) is 9.11. The molecule has 2 rings (SSSR count). The van der Waals surface area contributed by atoms with Crippen LogP contribution in [0.15, 0.2) is 10.7 Å². The molecule has 1 fully saturated rings. The normalized spacial score (nSPS) is 25.2. The Labute approximate surface area is 122 Å². The fourth-order valence-corrected chi connectivity index (χ4v) is 2.98. The van der Waals surface area contributed by atoms with Gasteiger partial charge in [-0.15, -0.1) is 0 Å². The van der Waals surface area contributed by atoms with Gasteiger partial charge in [-0.05, 0) is 54.5 Å². The van der Waals surface area contributed by atoms with Crippen molar-refractivity contribution in [2.75, 3.05) is 0 Å². The number of aromatic nitrogens is 2. The van der Waals surface area contributed by atoms with Gasteiger partial charge in [0.25, 0.3) is 0 Å². The third kappa shape index (κ3) is 3.66. The Morgan fingerprint density at radius 3 is 3.11 bits per heavy atom. The molecule has 4 nitrogen and oxygen atoms in total. The van der Waals surface area contributed by atoms with E-state index in [4.69, 9.17) is 4.74 Å². The first-order valence-electron chi connectivity index (χ1n) is 6.92. The maximum Gasteiger partial charge on any atom is 0.150 e. The lowest BCUT2D eigenvalue weighted by atomic mass is 10.0. The summed E-state index contributed by atoms with van der Waals surface area (Å²) in [5.41, 5.74) is 1.13. The molecule has 0 N–H and O–H groups in total. The minimum Gasteiger partial charge on any atom is -0.354 e. The summed E-state index contributed by atoms with van der Waals surface area (Å²) in [6.07, 6.45) is 7.86. The third-order valence-corrected chi connectivity index (χ3v) is 4.27. The monoisotopic (exact) mass is 328 g/mol. The molecule has 2 heterocycles. The smallest absolute Gasteiger partial charge is 0.150 e. The zero-order valence-corrected chi connectivity index (χ0v) is 13.1. The van der Waals surface area contributed by atoms with Crippen LogP contribution in [0, 0.1) is 5.92 Å². The van der Waals surface area contributed by atoms with Crippen molar-refractivity contribution in [1.82, 2.24) is 9.78 Å². The summed E-state index contributed by atoms with van der Waals surface area (Å²) in [7, 11) is 0. The van der Waals surface area contributed by atoms with E-state index < -0.39 is 0 Å². The van der Waals surface area contributed by atoms with Crippen LogP contribution in [-0.4, -0.2) is 22.2 Å². The van der Waals surface area contributed by atoms with Gasteiger partial charge in [0.05, 0.1) is 22.5 Å². The molecule has 1 aromatic rings. The predicted octanol–water partition coefficient (Wildman–Crippen LogP) is 3.50. The van der Waals surface area contributed by atoms with Crippen LogP contribution in [0.4, 0.5) is 0 Å². The zero-order chi connectivity index (χ0) is 13.8. The zero-order valence-electron chi connectivity index (χ0n) is 11.5. The number of halogens is 1. The molecule has 19 heavy (non-hydrogen) atoms. The van der Waals surface area contributed by atoms with E-state index in [0.29, 0.717) is 18.4 Å². The maximum atomic E-state index is 10.6. The van der Waals surface area contributed by atoms with E-state index in [1.807, 2.05) is 10.9 Å². The van der Waals surface area contributed by atoms with Crippen molar-refractivity contribution in [2.45, 2.75) is 58.3 Å². The second-order valence-electron chi connectivity index (χ2n) is 5.43. The average molecular weight is 329 g/mol. The molecular weight excluding hydrogens is 308 g/mol. The average Bonchev–Trinajstić information content (AvgIpc) is 2.71. The van der Waals surface area contributed by atoms with Crippen molar-refractivity contribution < 1.29 is 9.53 Å². The Bertz CT molecular complexity index is 433. The van der Waals surface area contributed by atoms with Crippen LogP contribution >= 0.6 is 15.9 Å². The molecule has 0 radical (unpaired) electrons. The largest absolute Gasteiger partial charge is 0.354 e. The van der Waals surface area contributed by atoms with Gasteiger partial charge in [-0.25, -0.2) is 4.68 Å². The van der Waals surface area contributed by atoms with Gasteiger partial charge < -0.3 is 9.53 Å². The molecule has 0 bridgehead atoms. The molecule has 3 atom stereocenters. The molecule has 0 aromatic carbocycles. The summed E-state index contributed by atoms with van der Waals surface area (Å²) < 4.78 is 8.97. The topological polar surface area (TPSA) is 44.1 Å². The number of nitrogens with zero attached hydrogens (tertiary/aromatic N) is 2. The molecule has 3 unspecified atom stereocenters. The van der Waals surface area contributed by atoms with Crippen molar-refractivity contribution in [3.63, 3.8) is 0 Å². The number of carbonyl (C=O) groups is 1. The van der Waals surface area contributed by atoms with Crippen molar-refractivity contribution in [3.8, 4) is 0 Å². The molecule has 0 spiro atoms. The summed E-state index contributed by atoms with van der Waals surface area (Å²) in [5, 5.41) is 4.44. The van der Waals surface area contributed by atoms with Crippen LogP contribution in [0.3, 0.4) is 0 Å². The summed E-state index contributed by atoms with van der Waals surface area (Å²) in [6.45, 7) is 4.20. The first kappa shape index (κ1) is 14.7. The quantitative estimate of drug-likeness (QED) is 0.777. The molecule has 1 aliphatic rings. The van der Waals surface area contributed by atoms with Crippen LogP contribution in [0.25, 0.3) is 0 Å². The van der Waals surface area contributed by atoms with Crippen LogP contribution in [-0.2, 0) is 16.0 Å². The Hall–Kier alpha value is -0.680. The maximum absolute atomic E-state index is 10.6. The van der Waals surface area contributed by atoms with Crippen molar-refractivity contribution in [2.24, 2.45) is 5.92 Å². The molecular formula is C14H21BrN2O2. The molecule has 1 aliphatic heterocycles. The van der Waals surface area contributed by atoms with Crippen LogP contribution in [0.1, 0.15) is 51.5 Å². The van der Waals surface area contributed by atoms with E-state index >= 15 is 0 Å². The highest BCUT2D eigenvalue weighted by Gasteiger charge is 2.24. The van der Waals surface area contributed by atoms with Gasteiger partial charge in [-0.1, -0.05) is 6.92 Å². The number of carbonyl (C=O) groups excluding carboxylic acids is 1. The second kappa shape index (κ2) is 6.66. The summed E-state index contributed by atoms with van der Waals surface area (Å²) in [6, 6.07) is 0. The van der Waals surface area contributed by atoms with Gasteiger partial charge in [-0.2, -0.15) is 5.10 Å². The minimum atomic E-state index is 0.0356. The van der Waals surface area contributed by atoms with E-state index in [1.54, 1.807) is 0 Å². The SMILES string of the molecule is CC(CC=O)Cc1c(Br)cnn1C1CCCC(C)O1. The van der Waals surface area contributed by atoms with Gasteiger partial charge in [0.1, 0.15) is 6.29 Å². The molecule has 106 valence electrons. The van der Waals surface area contributed by atoms with Gasteiger partial charge >= 0.3 is 0 Å². The summed E-state index contributed by atoms with van der Waals surface area (Å²) in [5.74, 6) is 0.324. The van der Waals surface area contributed by atoms with Crippen molar-refractivity contribution >= 4 is 22.2 Å². The first-order valence-corrected chi connectivity index (χ1v) is 7.72. The van der Waals surface area contributed by atoms with Gasteiger partial charge in [0.2, 0.25) is 0 Å². The molecule has 0 aliphatic carbocycles. The molecule has 1 saturated heterocycles. The van der Waals surface area contributed by atoms with E-state index in [0.717, 1.165) is 35.7 Å². The lowest BCUT2D eigenvalue weighted by Gasteiger charge is -2.29. The molecule has 5 heteroatoms. The fraction of sp³-hybridized carbons (Fsp3) is 0.714. The summed E-state index contributed by atoms with van der Waals surface area (Å²) in [4.78, 5) is 10.6. The van der Waals surface area contributed by atoms with E-state index in [2.05, 4.69) is 34.9 Å². The molecule has 0 saturated carbocycles. The fourth-order valence-electron chi connectivity index (χ4n) is 2.55. The number of hydrogen-bond acceptors (Lipinski definition) is 3.